The van der Waals surface area contributed by atoms with Crippen molar-refractivity contribution in [3.8, 4) is 0 Å². The second kappa shape index (κ2) is 6.19. The van der Waals surface area contributed by atoms with Gasteiger partial charge in [0, 0.05) is 22.9 Å². The summed E-state index contributed by atoms with van der Waals surface area (Å²) in [6.07, 6.45) is 0.982. The first-order valence-corrected chi connectivity index (χ1v) is 7.28. The maximum atomic E-state index is 6.18. The minimum Gasteiger partial charge on any atom is -0.312 e. The molecule has 0 aliphatic carbocycles. The van der Waals surface area contributed by atoms with Crippen molar-refractivity contribution in [1.29, 1.82) is 0 Å². The molecular formula is C13H23ClN2S. The summed E-state index contributed by atoms with van der Waals surface area (Å²) in [6, 6.07) is 2.38. The normalized spacial score (nSPS) is 14.3. The second-order valence-electron chi connectivity index (χ2n) is 5.05. The highest BCUT2D eigenvalue weighted by Crippen LogP contribution is 2.27. The van der Waals surface area contributed by atoms with Crippen molar-refractivity contribution in [2.24, 2.45) is 0 Å². The van der Waals surface area contributed by atoms with Crippen LogP contribution in [0.3, 0.4) is 0 Å². The Hall–Kier alpha value is -0.0900. The zero-order valence-electron chi connectivity index (χ0n) is 11.4. The molecule has 0 aromatic carbocycles. The lowest BCUT2D eigenvalue weighted by Crippen LogP contribution is -2.56. The molecule has 0 aliphatic rings. The van der Waals surface area contributed by atoms with Crippen molar-refractivity contribution in [2.45, 2.75) is 38.8 Å². The van der Waals surface area contributed by atoms with Gasteiger partial charge < -0.3 is 10.2 Å². The third kappa shape index (κ3) is 3.68. The van der Waals surface area contributed by atoms with Crippen LogP contribution in [0.5, 0.6) is 0 Å². The summed E-state index contributed by atoms with van der Waals surface area (Å²) < 4.78 is 0. The maximum Gasteiger partial charge on any atom is 0.0545 e. The lowest BCUT2D eigenvalue weighted by molar-refractivity contribution is 0.138. The van der Waals surface area contributed by atoms with E-state index in [0.717, 1.165) is 18.0 Å². The molecule has 0 bridgehead atoms. The van der Waals surface area contributed by atoms with Crippen LogP contribution in [-0.4, -0.2) is 37.1 Å². The van der Waals surface area contributed by atoms with Crippen LogP contribution >= 0.6 is 22.9 Å². The molecule has 2 nitrogen and oxygen atoms in total. The van der Waals surface area contributed by atoms with E-state index in [1.807, 2.05) is 6.07 Å². The Morgan fingerprint density at radius 3 is 2.53 bits per heavy atom. The van der Waals surface area contributed by atoms with E-state index >= 15 is 0 Å². The molecule has 1 N–H and O–H groups in total. The van der Waals surface area contributed by atoms with Gasteiger partial charge in [-0.3, -0.25) is 0 Å². The van der Waals surface area contributed by atoms with Crippen LogP contribution in [0.2, 0.25) is 5.02 Å². The fraction of sp³-hybridized carbons (Fsp3) is 0.692. The van der Waals surface area contributed by atoms with Gasteiger partial charge in [-0.25, -0.2) is 0 Å². The smallest absolute Gasteiger partial charge is 0.0545 e. The summed E-state index contributed by atoms with van der Waals surface area (Å²) in [4.78, 5) is 3.54. The van der Waals surface area contributed by atoms with Gasteiger partial charge in [-0.05, 0) is 45.9 Å². The molecule has 0 fully saturated rings. The standard InChI is InChI=1S/C13H23ClN2S/c1-6-15-12(13(2,3)16(4)5)9-11-10(14)7-8-17-11/h7-8,12,15H,6,9H2,1-5H3. The highest BCUT2D eigenvalue weighted by molar-refractivity contribution is 7.10. The third-order valence-electron chi connectivity index (χ3n) is 3.54. The molecule has 98 valence electrons. The molecule has 0 aliphatic heterocycles. The Kier molecular flexibility index (Phi) is 5.45. The molecule has 0 spiro atoms. The summed E-state index contributed by atoms with van der Waals surface area (Å²) in [5.41, 5.74) is 0.101. The highest BCUT2D eigenvalue weighted by Gasteiger charge is 2.31. The molecule has 1 aromatic rings. The summed E-state index contributed by atoms with van der Waals surface area (Å²) in [5, 5.41) is 6.53. The van der Waals surface area contributed by atoms with Gasteiger partial charge in [-0.2, -0.15) is 0 Å². The Bertz CT molecular complexity index is 347. The molecule has 4 heteroatoms. The zero-order chi connectivity index (χ0) is 13.1. The molecule has 0 saturated carbocycles. The van der Waals surface area contributed by atoms with Crippen molar-refractivity contribution >= 4 is 22.9 Å². The van der Waals surface area contributed by atoms with E-state index in [4.69, 9.17) is 11.6 Å². The van der Waals surface area contributed by atoms with Crippen LogP contribution in [0, 0.1) is 0 Å². The molecule has 1 rings (SSSR count). The van der Waals surface area contributed by atoms with Crippen LogP contribution in [0.1, 0.15) is 25.6 Å². The topological polar surface area (TPSA) is 15.3 Å². The van der Waals surface area contributed by atoms with Gasteiger partial charge in [-0.1, -0.05) is 18.5 Å². The van der Waals surface area contributed by atoms with Crippen molar-refractivity contribution in [1.82, 2.24) is 10.2 Å². The minimum atomic E-state index is 0.101. The SMILES string of the molecule is CCNC(Cc1sccc1Cl)C(C)(C)N(C)C. The van der Waals surface area contributed by atoms with Crippen molar-refractivity contribution in [3.05, 3.63) is 21.3 Å². The van der Waals surface area contributed by atoms with Crippen LogP contribution in [0.4, 0.5) is 0 Å². The number of thiophene rings is 1. The first-order valence-electron chi connectivity index (χ1n) is 6.02. The fourth-order valence-corrected chi connectivity index (χ4v) is 2.95. The zero-order valence-corrected chi connectivity index (χ0v) is 13.0. The minimum absolute atomic E-state index is 0.101. The van der Waals surface area contributed by atoms with Crippen molar-refractivity contribution in [2.75, 3.05) is 20.6 Å². The van der Waals surface area contributed by atoms with Gasteiger partial charge in [0.1, 0.15) is 0 Å². The molecule has 1 unspecified atom stereocenters. The predicted molar refractivity (Wildman–Crippen MR) is 78.3 cm³/mol. The fourth-order valence-electron chi connectivity index (χ4n) is 1.79. The summed E-state index contributed by atoms with van der Waals surface area (Å²) >= 11 is 7.92. The average molecular weight is 275 g/mol. The van der Waals surface area contributed by atoms with E-state index in [1.54, 1.807) is 11.3 Å². The van der Waals surface area contributed by atoms with Crippen LogP contribution in [-0.2, 0) is 6.42 Å². The Balaban J connectivity index is 2.83. The molecule has 0 saturated heterocycles. The number of hydrogen-bond donors (Lipinski definition) is 1. The van der Waals surface area contributed by atoms with Crippen LogP contribution in [0.15, 0.2) is 11.4 Å². The molecule has 0 radical (unpaired) electrons. The van der Waals surface area contributed by atoms with E-state index in [-0.39, 0.29) is 5.54 Å². The molecular weight excluding hydrogens is 252 g/mol. The average Bonchev–Trinajstić information content (AvgIpc) is 2.63. The Morgan fingerprint density at radius 1 is 1.47 bits per heavy atom. The molecule has 0 amide bonds. The Labute approximate surface area is 114 Å². The van der Waals surface area contributed by atoms with Gasteiger partial charge in [0.25, 0.3) is 0 Å². The molecule has 1 atom stereocenters. The number of likely N-dealkylation sites (N-methyl/N-ethyl adjacent to an activating group) is 2. The Morgan fingerprint density at radius 2 is 2.12 bits per heavy atom. The summed E-state index contributed by atoms with van der Waals surface area (Å²) in [5.74, 6) is 0. The van der Waals surface area contributed by atoms with Crippen LogP contribution < -0.4 is 5.32 Å². The maximum absolute atomic E-state index is 6.18. The molecule has 1 aromatic heterocycles. The summed E-state index contributed by atoms with van der Waals surface area (Å²) in [7, 11) is 4.25. The van der Waals surface area contributed by atoms with E-state index in [0.29, 0.717) is 6.04 Å². The van der Waals surface area contributed by atoms with Gasteiger partial charge >= 0.3 is 0 Å². The van der Waals surface area contributed by atoms with E-state index in [2.05, 4.69) is 50.5 Å². The number of nitrogens with one attached hydrogen (secondary N) is 1. The van der Waals surface area contributed by atoms with Gasteiger partial charge in [0.2, 0.25) is 0 Å². The number of nitrogens with zero attached hydrogens (tertiary/aromatic N) is 1. The monoisotopic (exact) mass is 274 g/mol. The van der Waals surface area contributed by atoms with Gasteiger partial charge in [0.05, 0.1) is 5.02 Å². The summed E-state index contributed by atoms with van der Waals surface area (Å²) in [6.45, 7) is 7.66. The van der Waals surface area contributed by atoms with Gasteiger partial charge in [0.15, 0.2) is 0 Å². The first kappa shape index (κ1) is 15.0. The van der Waals surface area contributed by atoms with E-state index in [9.17, 15) is 0 Å². The van der Waals surface area contributed by atoms with Crippen molar-refractivity contribution < 1.29 is 0 Å². The quantitative estimate of drug-likeness (QED) is 0.857. The number of halogens is 1. The lowest BCUT2D eigenvalue weighted by atomic mass is 9.90. The van der Waals surface area contributed by atoms with E-state index in [1.165, 1.54) is 4.88 Å². The number of rotatable bonds is 6. The van der Waals surface area contributed by atoms with Crippen LogP contribution in [0.25, 0.3) is 0 Å². The predicted octanol–water partition coefficient (Wildman–Crippen LogP) is 3.26. The van der Waals surface area contributed by atoms with E-state index < -0.39 is 0 Å². The third-order valence-corrected chi connectivity index (χ3v) is 4.95. The second-order valence-corrected chi connectivity index (χ2v) is 6.46. The molecule has 1 heterocycles. The van der Waals surface area contributed by atoms with Crippen molar-refractivity contribution in [3.63, 3.8) is 0 Å². The lowest BCUT2D eigenvalue weighted by Gasteiger charge is -2.40. The molecule has 17 heavy (non-hydrogen) atoms. The first-order chi connectivity index (χ1) is 7.89. The largest absolute Gasteiger partial charge is 0.312 e. The number of hydrogen-bond acceptors (Lipinski definition) is 3. The highest BCUT2D eigenvalue weighted by atomic mass is 35.5. The van der Waals surface area contributed by atoms with Gasteiger partial charge in [-0.15, -0.1) is 11.3 Å².